The summed E-state index contributed by atoms with van der Waals surface area (Å²) in [7, 11) is 1.11. The highest BCUT2D eigenvalue weighted by Gasteiger charge is 2.26. The van der Waals surface area contributed by atoms with Gasteiger partial charge in [-0.1, -0.05) is 0 Å². The van der Waals surface area contributed by atoms with E-state index in [0.717, 1.165) is 12.1 Å². The number of hydrogen-bond donors (Lipinski definition) is 0. The van der Waals surface area contributed by atoms with Gasteiger partial charge in [-0.15, -0.1) is 0 Å². The molecule has 0 amide bonds. The third-order valence-electron chi connectivity index (χ3n) is 2.30. The summed E-state index contributed by atoms with van der Waals surface area (Å²) in [5, 5.41) is 10.6. The minimum Gasteiger partial charge on any atom is -0.484 e. The Kier molecular flexibility index (Phi) is 3.42. The highest BCUT2D eigenvalue weighted by molar-refractivity contribution is 8.13. The van der Waals surface area contributed by atoms with Gasteiger partial charge in [-0.3, -0.25) is 10.1 Å². The molecule has 7 nitrogen and oxygen atoms in total. The minimum atomic E-state index is -4.12. The minimum absolute atomic E-state index is 0.0103. The van der Waals surface area contributed by atoms with E-state index in [2.05, 4.69) is 0 Å². The molecule has 2 rings (SSSR count). The molecule has 18 heavy (non-hydrogen) atoms. The first-order valence-electron chi connectivity index (χ1n) is 4.85. The van der Waals surface area contributed by atoms with Gasteiger partial charge in [0.2, 0.25) is 0 Å². The van der Waals surface area contributed by atoms with Crippen LogP contribution < -0.4 is 4.74 Å². The highest BCUT2D eigenvalue weighted by Crippen LogP contribution is 2.32. The van der Waals surface area contributed by atoms with Crippen molar-refractivity contribution >= 4 is 25.4 Å². The zero-order valence-electron chi connectivity index (χ0n) is 8.91. The summed E-state index contributed by atoms with van der Waals surface area (Å²) in [6.45, 7) is 0.692. The van der Waals surface area contributed by atoms with Crippen LogP contribution in [0.1, 0.15) is 0 Å². The van der Waals surface area contributed by atoms with E-state index >= 15 is 0 Å². The number of nitro benzene ring substituents is 1. The Balaban J connectivity index is 2.41. The highest BCUT2D eigenvalue weighted by atomic mass is 35.7. The lowest BCUT2D eigenvalue weighted by molar-refractivity contribution is -0.385. The molecule has 0 bridgehead atoms. The molecule has 9 heteroatoms. The number of ether oxygens (including phenoxy) is 2. The topological polar surface area (TPSA) is 95.7 Å². The molecule has 1 aliphatic rings. The number of rotatable bonds is 4. The second-order valence-corrected chi connectivity index (χ2v) is 6.14. The number of nitrogens with zero attached hydrogens (tertiary/aromatic N) is 1. The van der Waals surface area contributed by atoms with Crippen molar-refractivity contribution in [1.29, 1.82) is 0 Å². The fourth-order valence-electron chi connectivity index (χ4n) is 1.36. The summed E-state index contributed by atoms with van der Waals surface area (Å²) in [6, 6.07) is 3.24. The fourth-order valence-corrected chi connectivity index (χ4v) is 2.34. The van der Waals surface area contributed by atoms with E-state index in [1.165, 1.54) is 6.07 Å². The lowest BCUT2D eigenvalue weighted by Gasteiger charge is -2.27. The van der Waals surface area contributed by atoms with Crippen LogP contribution in [-0.2, 0) is 13.8 Å². The molecule has 0 atom stereocenters. The lowest BCUT2D eigenvalue weighted by Crippen LogP contribution is -2.38. The number of hydrogen-bond acceptors (Lipinski definition) is 6. The van der Waals surface area contributed by atoms with Crippen LogP contribution in [0.5, 0.6) is 5.75 Å². The Labute approximate surface area is 107 Å². The van der Waals surface area contributed by atoms with E-state index in [0.29, 0.717) is 13.2 Å². The van der Waals surface area contributed by atoms with Gasteiger partial charge in [-0.2, -0.15) is 0 Å². The molecule has 0 spiro atoms. The first-order valence-corrected chi connectivity index (χ1v) is 7.16. The van der Waals surface area contributed by atoms with Gasteiger partial charge < -0.3 is 9.47 Å². The van der Waals surface area contributed by atoms with E-state index in [4.69, 9.17) is 20.2 Å². The molecule has 0 aliphatic carbocycles. The number of non-ortho nitro benzene ring substituents is 1. The van der Waals surface area contributed by atoms with Gasteiger partial charge in [0.1, 0.15) is 16.7 Å². The molecule has 0 aromatic heterocycles. The molecule has 1 aliphatic heterocycles. The summed E-state index contributed by atoms with van der Waals surface area (Å²) < 4.78 is 32.9. The van der Waals surface area contributed by atoms with Crippen LogP contribution in [0.2, 0.25) is 0 Å². The molecule has 1 saturated heterocycles. The molecular formula is C9H8ClNO6S. The molecule has 1 fully saturated rings. The van der Waals surface area contributed by atoms with Crippen LogP contribution in [0.4, 0.5) is 5.69 Å². The van der Waals surface area contributed by atoms with Crippen molar-refractivity contribution < 1.29 is 22.8 Å². The van der Waals surface area contributed by atoms with Gasteiger partial charge in [-0.25, -0.2) is 8.42 Å². The van der Waals surface area contributed by atoms with Crippen molar-refractivity contribution in [3.05, 3.63) is 28.3 Å². The van der Waals surface area contributed by atoms with Gasteiger partial charge in [-0.05, 0) is 6.07 Å². The summed E-state index contributed by atoms with van der Waals surface area (Å²) in [6.07, 6.45) is -0.261. The normalized spacial score (nSPS) is 16.1. The van der Waals surface area contributed by atoms with E-state index < -0.39 is 18.9 Å². The second-order valence-electron chi connectivity index (χ2n) is 3.60. The summed E-state index contributed by atoms with van der Waals surface area (Å²) in [5.41, 5.74) is -0.369. The van der Waals surface area contributed by atoms with Crippen molar-refractivity contribution in [2.24, 2.45) is 0 Å². The van der Waals surface area contributed by atoms with Gasteiger partial charge in [0, 0.05) is 22.8 Å². The zero-order chi connectivity index (χ0) is 13.3. The van der Waals surface area contributed by atoms with Gasteiger partial charge in [0.25, 0.3) is 14.7 Å². The smallest absolute Gasteiger partial charge is 0.271 e. The molecule has 1 aromatic rings. The molecule has 0 saturated carbocycles. The number of benzene rings is 1. The summed E-state index contributed by atoms with van der Waals surface area (Å²) in [5.74, 6) is -0.0103. The molecule has 1 aromatic carbocycles. The van der Waals surface area contributed by atoms with Crippen molar-refractivity contribution in [3.8, 4) is 5.75 Å². The fraction of sp³-hybridized carbons (Fsp3) is 0.333. The van der Waals surface area contributed by atoms with Crippen LogP contribution in [0.3, 0.4) is 0 Å². The molecule has 0 N–H and O–H groups in total. The van der Waals surface area contributed by atoms with E-state index in [1.807, 2.05) is 0 Å². The monoisotopic (exact) mass is 293 g/mol. The largest absolute Gasteiger partial charge is 0.484 e. The SMILES string of the molecule is O=[N+]([O-])c1ccc(OC2COC2)c(S(=O)(=O)Cl)c1. The Morgan fingerprint density at radius 3 is 2.56 bits per heavy atom. The second kappa shape index (κ2) is 4.71. The summed E-state index contributed by atoms with van der Waals surface area (Å²) in [4.78, 5) is 9.47. The first kappa shape index (κ1) is 13.1. The maximum Gasteiger partial charge on any atom is 0.271 e. The number of halogens is 1. The molecule has 0 unspecified atom stereocenters. The van der Waals surface area contributed by atoms with Crippen molar-refractivity contribution in [2.75, 3.05) is 13.2 Å². The lowest BCUT2D eigenvalue weighted by atomic mass is 10.3. The zero-order valence-corrected chi connectivity index (χ0v) is 10.5. The maximum absolute atomic E-state index is 11.3. The van der Waals surface area contributed by atoms with Crippen LogP contribution in [0, 0.1) is 10.1 Å². The van der Waals surface area contributed by atoms with Crippen molar-refractivity contribution in [1.82, 2.24) is 0 Å². The van der Waals surface area contributed by atoms with Crippen LogP contribution >= 0.6 is 10.7 Å². The van der Waals surface area contributed by atoms with Gasteiger partial charge >= 0.3 is 0 Å². The third kappa shape index (κ3) is 2.71. The standard InChI is InChI=1S/C9H8ClNO6S/c10-18(14,15)9-3-6(11(12)13)1-2-8(9)17-7-4-16-5-7/h1-3,7H,4-5H2. The summed E-state index contributed by atoms with van der Waals surface area (Å²) >= 11 is 0. The van der Waals surface area contributed by atoms with Crippen LogP contribution in [0.15, 0.2) is 23.1 Å². The third-order valence-corrected chi connectivity index (χ3v) is 3.65. The maximum atomic E-state index is 11.3. The van der Waals surface area contributed by atoms with E-state index in [1.54, 1.807) is 0 Å². The Morgan fingerprint density at radius 2 is 2.11 bits per heavy atom. The average molecular weight is 294 g/mol. The first-order chi connectivity index (χ1) is 8.38. The molecule has 98 valence electrons. The predicted molar refractivity (Wildman–Crippen MR) is 61.4 cm³/mol. The molecule has 0 radical (unpaired) electrons. The quantitative estimate of drug-likeness (QED) is 0.471. The van der Waals surface area contributed by atoms with Gasteiger partial charge in [0.05, 0.1) is 18.1 Å². The van der Waals surface area contributed by atoms with Crippen molar-refractivity contribution in [2.45, 2.75) is 11.0 Å². The van der Waals surface area contributed by atoms with E-state index in [9.17, 15) is 18.5 Å². The average Bonchev–Trinajstić information content (AvgIpc) is 2.22. The van der Waals surface area contributed by atoms with Gasteiger partial charge in [0.15, 0.2) is 0 Å². The van der Waals surface area contributed by atoms with Crippen molar-refractivity contribution in [3.63, 3.8) is 0 Å². The predicted octanol–water partition coefficient (Wildman–Crippen LogP) is 1.30. The Morgan fingerprint density at radius 1 is 1.44 bits per heavy atom. The molecule has 1 heterocycles. The van der Waals surface area contributed by atoms with E-state index in [-0.39, 0.29) is 17.5 Å². The van der Waals surface area contributed by atoms with Crippen LogP contribution in [0.25, 0.3) is 0 Å². The Bertz CT molecular complexity index is 583. The van der Waals surface area contributed by atoms with Crippen LogP contribution in [-0.4, -0.2) is 32.7 Å². The molecular weight excluding hydrogens is 286 g/mol. The number of nitro groups is 1. The Hall–Kier alpha value is -1.38.